The Labute approximate surface area is 96.7 Å². The second-order valence-corrected chi connectivity index (χ2v) is 4.29. The predicted molar refractivity (Wildman–Crippen MR) is 60.0 cm³/mol. The maximum Gasteiger partial charge on any atom is 0.277 e. The fourth-order valence-electron chi connectivity index (χ4n) is 1.16. The Morgan fingerprint density at radius 1 is 1.69 bits per heavy atom. The molecule has 8 heteroatoms. The number of aromatic nitrogens is 2. The SMILES string of the molecule is CSC(CO)C(C)NC(=O)c1nonc1N. The summed E-state index contributed by atoms with van der Waals surface area (Å²) in [6, 6.07) is -0.205. The Balaban J connectivity index is 2.61. The van der Waals surface area contributed by atoms with E-state index in [1.165, 1.54) is 11.8 Å². The van der Waals surface area contributed by atoms with Gasteiger partial charge in [-0.2, -0.15) is 11.8 Å². The molecule has 1 aromatic heterocycles. The first-order valence-corrected chi connectivity index (χ1v) is 5.91. The summed E-state index contributed by atoms with van der Waals surface area (Å²) in [6.07, 6.45) is 1.86. The van der Waals surface area contributed by atoms with Gasteiger partial charge in [-0.3, -0.25) is 4.79 Å². The molecule has 7 nitrogen and oxygen atoms in total. The number of aliphatic hydroxyl groups is 1. The van der Waals surface area contributed by atoms with Gasteiger partial charge in [0.25, 0.3) is 5.91 Å². The average molecular weight is 246 g/mol. The molecule has 2 unspecified atom stereocenters. The number of thioether (sulfide) groups is 1. The summed E-state index contributed by atoms with van der Waals surface area (Å²) in [5.41, 5.74) is 5.34. The first-order chi connectivity index (χ1) is 7.60. The van der Waals surface area contributed by atoms with E-state index in [9.17, 15) is 4.79 Å². The minimum atomic E-state index is -0.459. The summed E-state index contributed by atoms with van der Waals surface area (Å²) in [7, 11) is 0. The predicted octanol–water partition coefficient (Wildman–Crippen LogP) is -0.506. The minimum absolute atomic E-state index is 0.0187. The van der Waals surface area contributed by atoms with Crippen LogP contribution in [0.5, 0.6) is 0 Å². The van der Waals surface area contributed by atoms with Crippen molar-refractivity contribution in [3.63, 3.8) is 0 Å². The Bertz CT molecular complexity index is 353. The molecule has 0 aromatic carbocycles. The monoisotopic (exact) mass is 246 g/mol. The van der Waals surface area contributed by atoms with Crippen LogP contribution in [0.25, 0.3) is 0 Å². The van der Waals surface area contributed by atoms with Gasteiger partial charge in [0.15, 0.2) is 0 Å². The van der Waals surface area contributed by atoms with Crippen molar-refractivity contribution in [3.8, 4) is 0 Å². The highest BCUT2D eigenvalue weighted by Crippen LogP contribution is 2.11. The van der Waals surface area contributed by atoms with Gasteiger partial charge >= 0.3 is 0 Å². The number of amides is 1. The van der Waals surface area contributed by atoms with Crippen molar-refractivity contribution in [1.82, 2.24) is 15.6 Å². The van der Waals surface area contributed by atoms with Crippen molar-refractivity contribution in [2.45, 2.75) is 18.2 Å². The lowest BCUT2D eigenvalue weighted by molar-refractivity contribution is 0.0926. The number of hydrogen-bond donors (Lipinski definition) is 3. The third kappa shape index (κ3) is 2.86. The van der Waals surface area contributed by atoms with Crippen LogP contribution in [0.2, 0.25) is 0 Å². The topological polar surface area (TPSA) is 114 Å². The van der Waals surface area contributed by atoms with E-state index in [1.54, 1.807) is 6.92 Å². The number of nitrogens with two attached hydrogens (primary N) is 1. The fraction of sp³-hybridized carbons (Fsp3) is 0.625. The smallest absolute Gasteiger partial charge is 0.277 e. The number of nitrogen functional groups attached to an aromatic ring is 1. The Morgan fingerprint density at radius 3 is 2.81 bits per heavy atom. The van der Waals surface area contributed by atoms with E-state index in [4.69, 9.17) is 10.8 Å². The van der Waals surface area contributed by atoms with Crippen molar-refractivity contribution in [2.75, 3.05) is 18.6 Å². The van der Waals surface area contributed by atoms with Gasteiger partial charge in [0, 0.05) is 11.3 Å². The number of carbonyl (C=O) groups excluding carboxylic acids is 1. The van der Waals surface area contributed by atoms with E-state index < -0.39 is 5.91 Å². The quantitative estimate of drug-likeness (QED) is 0.641. The highest BCUT2D eigenvalue weighted by atomic mass is 32.2. The molecule has 0 fully saturated rings. The van der Waals surface area contributed by atoms with E-state index in [2.05, 4.69) is 20.3 Å². The number of anilines is 1. The van der Waals surface area contributed by atoms with Crippen LogP contribution in [0.4, 0.5) is 5.82 Å². The number of rotatable bonds is 5. The number of nitrogens with zero attached hydrogens (tertiary/aromatic N) is 2. The average Bonchev–Trinajstić information content (AvgIpc) is 2.66. The molecule has 0 bridgehead atoms. The van der Waals surface area contributed by atoms with Gasteiger partial charge < -0.3 is 16.2 Å². The number of aliphatic hydroxyl groups excluding tert-OH is 1. The molecule has 0 aliphatic rings. The lowest BCUT2D eigenvalue weighted by Crippen LogP contribution is -2.41. The van der Waals surface area contributed by atoms with Gasteiger partial charge in [-0.25, -0.2) is 4.63 Å². The number of carbonyl (C=O) groups is 1. The van der Waals surface area contributed by atoms with Crippen LogP contribution < -0.4 is 11.1 Å². The molecular formula is C8H14N4O3S. The third-order valence-corrected chi connectivity index (χ3v) is 3.29. The summed E-state index contributed by atoms with van der Waals surface area (Å²) in [5.74, 6) is -0.506. The summed E-state index contributed by atoms with van der Waals surface area (Å²) >= 11 is 1.47. The summed E-state index contributed by atoms with van der Waals surface area (Å²) in [5, 5.41) is 18.3. The lowest BCUT2D eigenvalue weighted by atomic mass is 10.2. The largest absolute Gasteiger partial charge is 0.395 e. The zero-order valence-electron chi connectivity index (χ0n) is 9.01. The molecule has 4 N–H and O–H groups in total. The molecule has 1 aromatic rings. The van der Waals surface area contributed by atoms with Crippen molar-refractivity contribution < 1.29 is 14.5 Å². The van der Waals surface area contributed by atoms with E-state index in [1.807, 2.05) is 6.26 Å². The molecule has 2 atom stereocenters. The van der Waals surface area contributed by atoms with E-state index >= 15 is 0 Å². The molecule has 1 rings (SSSR count). The fourth-order valence-corrected chi connectivity index (χ4v) is 1.78. The van der Waals surface area contributed by atoms with E-state index in [0.717, 1.165) is 0 Å². The highest BCUT2D eigenvalue weighted by molar-refractivity contribution is 7.99. The Kier molecular flexibility index (Phi) is 4.56. The van der Waals surface area contributed by atoms with Gasteiger partial charge in [0.2, 0.25) is 11.5 Å². The van der Waals surface area contributed by atoms with Crippen LogP contribution in [0, 0.1) is 0 Å². The van der Waals surface area contributed by atoms with Crippen molar-refractivity contribution in [3.05, 3.63) is 5.69 Å². The minimum Gasteiger partial charge on any atom is -0.395 e. The van der Waals surface area contributed by atoms with Crippen LogP contribution in [0.15, 0.2) is 4.63 Å². The lowest BCUT2D eigenvalue weighted by Gasteiger charge is -2.20. The molecule has 16 heavy (non-hydrogen) atoms. The summed E-state index contributed by atoms with van der Waals surface area (Å²) in [6.45, 7) is 1.77. The molecule has 0 spiro atoms. The first-order valence-electron chi connectivity index (χ1n) is 4.62. The Hall–Kier alpha value is -1.28. The maximum absolute atomic E-state index is 11.6. The summed E-state index contributed by atoms with van der Waals surface area (Å²) < 4.78 is 4.32. The molecule has 0 saturated heterocycles. The maximum atomic E-state index is 11.6. The van der Waals surface area contributed by atoms with Gasteiger partial charge in [-0.15, -0.1) is 0 Å². The number of nitrogens with one attached hydrogen (secondary N) is 1. The first kappa shape index (κ1) is 12.8. The molecule has 0 radical (unpaired) electrons. The highest BCUT2D eigenvalue weighted by Gasteiger charge is 2.22. The van der Waals surface area contributed by atoms with E-state index in [-0.39, 0.29) is 29.4 Å². The van der Waals surface area contributed by atoms with Gasteiger partial charge in [0.1, 0.15) is 0 Å². The molecular weight excluding hydrogens is 232 g/mol. The standard InChI is InChI=1S/C8H14N4O3S/c1-4(5(3-13)16-2)10-8(14)6-7(9)12-15-11-6/h4-5,13H,3H2,1-2H3,(H2,9,12)(H,10,14). The second-order valence-electron chi connectivity index (χ2n) is 3.22. The van der Waals surface area contributed by atoms with Gasteiger partial charge in [-0.05, 0) is 23.5 Å². The number of hydrogen-bond acceptors (Lipinski definition) is 7. The molecule has 90 valence electrons. The van der Waals surface area contributed by atoms with Crippen molar-refractivity contribution >= 4 is 23.5 Å². The Morgan fingerprint density at radius 2 is 2.38 bits per heavy atom. The normalized spacial score (nSPS) is 14.4. The molecule has 0 aliphatic heterocycles. The summed E-state index contributed by atoms with van der Waals surface area (Å²) in [4.78, 5) is 11.6. The molecule has 1 heterocycles. The molecule has 0 saturated carbocycles. The van der Waals surface area contributed by atoms with Gasteiger partial charge in [0.05, 0.1) is 6.61 Å². The zero-order chi connectivity index (χ0) is 12.1. The van der Waals surface area contributed by atoms with Crippen LogP contribution in [-0.4, -0.2) is 45.5 Å². The van der Waals surface area contributed by atoms with Gasteiger partial charge in [-0.1, -0.05) is 0 Å². The molecule has 1 amide bonds. The van der Waals surface area contributed by atoms with Crippen LogP contribution in [-0.2, 0) is 0 Å². The molecule has 0 aliphatic carbocycles. The van der Waals surface area contributed by atoms with Crippen LogP contribution in [0.3, 0.4) is 0 Å². The van der Waals surface area contributed by atoms with Crippen LogP contribution >= 0.6 is 11.8 Å². The third-order valence-electron chi connectivity index (χ3n) is 2.13. The zero-order valence-corrected chi connectivity index (χ0v) is 9.82. The second kappa shape index (κ2) is 5.71. The van der Waals surface area contributed by atoms with Crippen molar-refractivity contribution in [2.24, 2.45) is 0 Å². The van der Waals surface area contributed by atoms with Crippen molar-refractivity contribution in [1.29, 1.82) is 0 Å². The van der Waals surface area contributed by atoms with Crippen LogP contribution in [0.1, 0.15) is 17.4 Å². The van der Waals surface area contributed by atoms with E-state index in [0.29, 0.717) is 0 Å².